The number of rotatable bonds is 37. The third-order valence-corrected chi connectivity index (χ3v) is 36.7. The maximum absolute atomic E-state index is 13.7. The van der Waals surface area contributed by atoms with E-state index in [1.54, 1.807) is 141 Å². The van der Waals surface area contributed by atoms with Crippen LogP contribution in [-0.2, 0) is 130 Å². The molecule has 1 saturated carbocycles. The molecule has 139 heavy (non-hydrogen) atoms. The van der Waals surface area contributed by atoms with Gasteiger partial charge in [0.15, 0.2) is 6.29 Å². The molecule has 0 unspecified atom stereocenters. The van der Waals surface area contributed by atoms with E-state index in [4.69, 9.17) is 109 Å². The zero-order valence-corrected chi connectivity index (χ0v) is 95.9. The van der Waals surface area contributed by atoms with Gasteiger partial charge in [-0.1, -0.05) is 140 Å². The number of phenols is 1. The fourth-order valence-corrected chi connectivity index (χ4v) is 25.4. The standard InChI is InChI=1S/C21H16O6S2.C18H39N3O2.C14H25N3O9.C9H7NO.C8H11N3O3S.C6H3Cl4N.2C6H6O.CH2O.2Hg.Na.H2O4S/c22-28(23,24)20-12-16-7-3-1-5-14(16)9-18(20)11-19-10-15-6-2-4-8-17(15)13-21(19)29(25,26)27;1-2-3-4-5-6-7-8-9-10-11-12-19-13-14-20-15-16-21-17-18(22)23;1-3-5(17-12(16)13(23)24)2-4(15)14(25-3)26-11-9(21)7(19)6(18)8(20)10(11)22;11-8-5-1-3-7-4-2-6-10-9(7)8;1-11(2)8-5-3-7(4-6-8)9-10-15(12,13)14;7-5-3-1-2-4(11-5)6(8,9)10;2*7-6-4-2-1-3-5-6;1-2;;;;1-5(2,3)4/h1-10,12-13H,11H2,(H,22,23,24)(H,25,26,27);19-21H,2-17H2,1H3,(H,22,23);3-11,14,18-22H,2,15H2,1H3,(H2,16,17)(H,23,24);1-6,11H;3-6H,1-2H3,(H,12,13,14);1-3H;2*1-5,7H;1H2;;;;(H2,1,2,3,4)/q;;;;;;;;;2*+2;+1;/p-5/b;;;;10-9+;;;;;;;;/t;;3-,4+,5+,6-,7+,8+,9-,10+,11+,14-;;;;;;;;;;/m..1........../s1. The Hall–Kier alpha value is -7.09. The van der Waals surface area contributed by atoms with Crippen LogP contribution in [0.2, 0.25) is 5.15 Å². The number of halogens is 4. The molecule has 1 aliphatic heterocycles. The van der Waals surface area contributed by atoms with E-state index in [1.807, 2.05) is 105 Å². The van der Waals surface area contributed by atoms with Gasteiger partial charge in [-0.25, -0.2) is 18.2 Å². The molecule has 50 heteroatoms. The minimum atomic E-state index is -4.67. The van der Waals surface area contributed by atoms with Gasteiger partial charge in [-0.2, -0.15) is 8.42 Å². The minimum absolute atomic E-state index is 0. The second-order valence-corrected chi connectivity index (χ2v) is 47.9. The summed E-state index contributed by atoms with van der Waals surface area (Å²) in [6, 6.07) is 58.6. The summed E-state index contributed by atoms with van der Waals surface area (Å²) in [7, 11) is -14.0. The molecule has 1 saturated heterocycles. The molecule has 0 radical (unpaired) electrons. The molecule has 3 heterocycles. The number of carboxylic acids is 2. The van der Waals surface area contributed by atoms with E-state index in [1.165, 1.54) is 64.2 Å². The molecule has 1 aliphatic carbocycles. The first-order valence-electron chi connectivity index (χ1n) is 42.8. The molecule has 39 nitrogen and oxygen atoms in total. The minimum Gasteiger partial charge on any atom is -0.506 e. The van der Waals surface area contributed by atoms with Crippen molar-refractivity contribution < 1.29 is 202 Å². The number of nitrogens with one attached hydrogen (secondary N) is 5. The van der Waals surface area contributed by atoms with Gasteiger partial charge >= 0.3 is 343 Å². The number of nitrogens with two attached hydrogens (primary N) is 1. The van der Waals surface area contributed by atoms with Crippen LogP contribution >= 0.6 is 46.4 Å². The number of phenolic OH excluding ortho intramolecular Hbond substituents is 1. The van der Waals surface area contributed by atoms with Crippen molar-refractivity contribution in [3.63, 3.8) is 0 Å². The maximum Gasteiger partial charge on any atom is 1.00 e. The normalized spacial score (nSPS) is 17.7. The van der Waals surface area contributed by atoms with Crippen molar-refractivity contribution in [1.82, 2.24) is 31.2 Å². The van der Waals surface area contributed by atoms with Crippen molar-refractivity contribution in [2.45, 2.75) is 166 Å². The average molecular weight is 2480 g/mol. The van der Waals surface area contributed by atoms with Crippen LogP contribution in [0.15, 0.2) is 232 Å². The number of aromatic nitrogens is 2. The molecule has 2 fully saturated rings. The number of para-hydroxylation sites is 3. The Balaban J connectivity index is 0.000000369. The predicted molar refractivity (Wildman–Crippen MR) is 512 cm³/mol. The third kappa shape index (κ3) is 47.5. The van der Waals surface area contributed by atoms with Crippen molar-refractivity contribution in [2.24, 2.45) is 15.4 Å². The number of anilines is 1. The number of ether oxygens (including phenoxy) is 2. The van der Waals surface area contributed by atoms with Crippen LogP contribution in [0.3, 0.4) is 0 Å². The van der Waals surface area contributed by atoms with Gasteiger partial charge < -0.3 is 91.6 Å². The summed E-state index contributed by atoms with van der Waals surface area (Å²) in [5.74, 6) is -1.59. The molecule has 2 aliphatic rings. The molecule has 10 aromatic rings. The van der Waals surface area contributed by atoms with Gasteiger partial charge in [0.1, 0.15) is 59.8 Å². The summed E-state index contributed by atoms with van der Waals surface area (Å²) < 4.78 is 151. The number of amidine groups is 1. The van der Waals surface area contributed by atoms with Gasteiger partial charge in [-0.3, -0.25) is 24.3 Å². The Kier molecular flexibility index (Phi) is 57.7. The summed E-state index contributed by atoms with van der Waals surface area (Å²) in [6.45, 7) is 10.4. The molecular weight excluding hydrogens is 2370 g/mol. The quantitative estimate of drug-likeness (QED) is 0.00254. The zero-order chi connectivity index (χ0) is 102. The molecule has 10 atom stereocenters. The molecule has 0 spiro atoms. The van der Waals surface area contributed by atoms with Crippen LogP contribution in [0.4, 0.5) is 11.4 Å². The van der Waals surface area contributed by atoms with Crippen LogP contribution in [-0.4, -0.2) is 237 Å². The van der Waals surface area contributed by atoms with E-state index < -0.39 is 175 Å². The van der Waals surface area contributed by atoms with Crippen molar-refractivity contribution in [3.05, 3.63) is 234 Å². The SMILES string of the molecule is C=O.CCCCCCCCCCCCNCCNCCNCC(=O)O.CN(C)c1ccc(/N=N/S(=O)(=O)[O-])cc1.C[C@H]1O[C@H](O[C@H]2[C@H](O)[C@@H](O)[C@@H](O)[C@H](O)[C@@H]2O)[C@@H](N)C[C@@H]1NC(=N)C(=O)O.Clc1cccc(C(Cl)(Cl)Cl)n1.O=S(=O)(O)O.O=S(=O)([O][Hg][O]c1ccccc1)c1cc2ccccc2cc1Cc1cc2ccccc2cc1S(=O)(=O)[O][Hg][O]c1ccccc1.Oc1cccc2cccnc12.[Na+]. The number of alkyl halides is 3. The topological polar surface area (TPSA) is 620 Å². The number of carbonyl (C=O) groups is 3. The number of unbranched alkanes of at least 4 members (excludes halogenated alkanes) is 9. The molecule has 8 aromatic carbocycles. The van der Waals surface area contributed by atoms with E-state index in [-0.39, 0.29) is 64.5 Å². The van der Waals surface area contributed by atoms with Gasteiger partial charge in [0, 0.05) is 57.5 Å². The Morgan fingerprint density at radius 2 is 1.04 bits per heavy atom. The number of aliphatic hydroxyl groups is 5. The molecule has 2 aromatic heterocycles. The van der Waals surface area contributed by atoms with Crippen LogP contribution in [0.5, 0.6) is 17.2 Å². The molecule has 17 N–H and O–H groups in total. The van der Waals surface area contributed by atoms with Gasteiger partial charge in [0.2, 0.25) is 19.9 Å². The first kappa shape index (κ1) is 124. The van der Waals surface area contributed by atoms with Crippen LogP contribution < -0.4 is 66.7 Å². The molecule has 0 amide bonds. The van der Waals surface area contributed by atoms with Gasteiger partial charge in [0.25, 0.3) is 0 Å². The largest absolute Gasteiger partial charge is 1.00 e. The number of hydrogen-bond acceptors (Lipinski definition) is 33. The monoisotopic (exact) mass is 2480 g/mol. The molecule has 748 valence electrons. The summed E-state index contributed by atoms with van der Waals surface area (Å²) in [4.78, 5) is 38.7. The predicted octanol–water partition coefficient (Wildman–Crippen LogP) is 8.37. The average Bonchev–Trinajstić information content (AvgIpc) is 0.742. The summed E-state index contributed by atoms with van der Waals surface area (Å²) >= 11 is 16.5. The number of aromatic hydroxyl groups is 1. The number of pyridine rings is 2. The summed E-state index contributed by atoms with van der Waals surface area (Å²) in [5.41, 5.74) is 9.00. The van der Waals surface area contributed by atoms with E-state index in [9.17, 15) is 70.0 Å². The second-order valence-electron chi connectivity index (χ2n) is 30.6. The molecular formula is C89H112Cl4Hg2N11NaO28S4. The van der Waals surface area contributed by atoms with Gasteiger partial charge in [0.05, 0.1) is 36.1 Å². The van der Waals surface area contributed by atoms with Crippen LogP contribution in [0.25, 0.3) is 32.4 Å². The van der Waals surface area contributed by atoms with Crippen molar-refractivity contribution in [2.75, 3.05) is 58.3 Å². The van der Waals surface area contributed by atoms with Crippen molar-refractivity contribution >= 4 is 156 Å². The number of aliphatic carboxylic acids is 2. The molecule has 0 bridgehead atoms. The maximum atomic E-state index is 13.7. The van der Waals surface area contributed by atoms with E-state index >= 15 is 0 Å². The first-order chi connectivity index (χ1) is 65.4. The Bertz CT molecular complexity index is 5730. The van der Waals surface area contributed by atoms with Crippen molar-refractivity contribution in [3.8, 4) is 17.2 Å². The summed E-state index contributed by atoms with van der Waals surface area (Å²) in [6.07, 6.45) is 3.83. The van der Waals surface area contributed by atoms with E-state index in [2.05, 4.69) is 47.8 Å². The Morgan fingerprint density at radius 3 is 1.47 bits per heavy atom. The van der Waals surface area contributed by atoms with Crippen LogP contribution in [0.1, 0.15) is 101 Å². The number of nitrogens with zero attached hydrogens (tertiary/aromatic N) is 5. The Labute approximate surface area is 876 Å². The fourth-order valence-electron chi connectivity index (χ4n) is 13.1. The Morgan fingerprint density at radius 1 is 0.604 bits per heavy atom. The van der Waals surface area contributed by atoms with Gasteiger partial charge in [-0.15, -0.1) is 5.11 Å². The van der Waals surface area contributed by atoms with Gasteiger partial charge in [-0.05, 0) is 74.8 Å². The fraction of sp³-hybridized carbons (Fsp3) is 0.371. The van der Waals surface area contributed by atoms with E-state index in [0.717, 1.165) is 48.0 Å². The van der Waals surface area contributed by atoms with Crippen LogP contribution in [0, 0.1) is 5.41 Å². The number of aliphatic hydroxyl groups excluding tert-OH is 5. The number of carbonyl (C=O) groups excluding carboxylic acids is 1. The third-order valence-electron chi connectivity index (χ3n) is 20.0. The second kappa shape index (κ2) is 64.6. The molecule has 12 rings (SSSR count). The first-order valence-corrected chi connectivity index (χ1v) is 58.9. The number of benzene rings is 8. The van der Waals surface area contributed by atoms with Crippen molar-refractivity contribution in [1.29, 1.82) is 5.41 Å². The zero-order valence-electron chi connectivity index (χ0n) is 76.6. The van der Waals surface area contributed by atoms with E-state index in [0.29, 0.717) is 62.0 Å². The number of fused-ring (bicyclic) bond motifs is 3. The number of hydrogen-bond donors (Lipinski definition) is 16. The number of carboxylic acid groups (broad SMARTS) is 2. The summed E-state index contributed by atoms with van der Waals surface area (Å²) in [5, 5.41) is 103. The smallest absolute Gasteiger partial charge is 0.506 e.